The molecule has 0 radical (unpaired) electrons. The predicted molar refractivity (Wildman–Crippen MR) is 82.7 cm³/mol. The van der Waals surface area contributed by atoms with Gasteiger partial charge < -0.3 is 5.11 Å². The Hall–Kier alpha value is -2.27. The van der Waals surface area contributed by atoms with Gasteiger partial charge in [-0.1, -0.05) is 12.1 Å². The van der Waals surface area contributed by atoms with Gasteiger partial charge in [-0.15, -0.1) is 0 Å². The highest BCUT2D eigenvalue weighted by Gasteiger charge is 2.22. The van der Waals surface area contributed by atoms with Crippen LogP contribution in [0.5, 0.6) is 0 Å². The van der Waals surface area contributed by atoms with Gasteiger partial charge in [-0.2, -0.15) is 0 Å². The van der Waals surface area contributed by atoms with Crippen LogP contribution in [-0.2, 0) is 6.54 Å². The number of benzene rings is 1. The predicted octanol–water partition coefficient (Wildman–Crippen LogP) is 2.55. The number of nitrogens with zero attached hydrogens (tertiary/aromatic N) is 3. The number of carboxylic acids is 1. The number of aromatic nitrogens is 2. The molecule has 5 heteroatoms. The van der Waals surface area contributed by atoms with Crippen molar-refractivity contribution >= 4 is 5.97 Å². The molecular weight excluding hydrogens is 278 g/mol. The van der Waals surface area contributed by atoms with E-state index in [1.165, 1.54) is 5.56 Å². The molecule has 2 heterocycles. The molecule has 0 unspecified atom stereocenters. The summed E-state index contributed by atoms with van der Waals surface area (Å²) in [7, 11) is 0. The summed E-state index contributed by atoms with van der Waals surface area (Å²) in [4.78, 5) is 21.9. The van der Waals surface area contributed by atoms with Gasteiger partial charge in [0.15, 0.2) is 0 Å². The van der Waals surface area contributed by atoms with E-state index >= 15 is 0 Å². The molecular formula is C17H19N3O2. The maximum atomic E-state index is 10.9. The lowest BCUT2D eigenvalue weighted by Gasteiger charge is -2.32. The summed E-state index contributed by atoms with van der Waals surface area (Å²) < 4.78 is 0. The van der Waals surface area contributed by atoms with Gasteiger partial charge in [0, 0.05) is 18.9 Å². The summed E-state index contributed by atoms with van der Waals surface area (Å²) in [5.74, 6) is 0.419. The van der Waals surface area contributed by atoms with Crippen molar-refractivity contribution < 1.29 is 9.90 Å². The Morgan fingerprint density at radius 2 is 1.95 bits per heavy atom. The largest absolute Gasteiger partial charge is 0.478 e. The number of carboxylic acid groups (broad SMARTS) is 1. The molecule has 1 fully saturated rings. The van der Waals surface area contributed by atoms with E-state index < -0.39 is 5.97 Å². The van der Waals surface area contributed by atoms with Gasteiger partial charge >= 0.3 is 5.97 Å². The molecule has 0 amide bonds. The molecule has 1 N–H and O–H groups in total. The zero-order valence-corrected chi connectivity index (χ0v) is 12.4. The minimum atomic E-state index is -0.877. The molecule has 1 aliphatic rings. The van der Waals surface area contributed by atoms with E-state index in [0.29, 0.717) is 11.5 Å². The Kier molecular flexibility index (Phi) is 4.44. The molecule has 1 saturated heterocycles. The molecule has 1 aliphatic heterocycles. The summed E-state index contributed by atoms with van der Waals surface area (Å²) in [6.07, 6.45) is 5.82. The third-order valence-corrected chi connectivity index (χ3v) is 4.12. The SMILES string of the molecule is O=C(O)c1ccc([C@H]2CCCN(Cc3ncccn3)C2)cc1. The first kappa shape index (κ1) is 14.7. The monoisotopic (exact) mass is 297 g/mol. The second kappa shape index (κ2) is 6.66. The lowest BCUT2D eigenvalue weighted by atomic mass is 9.90. The van der Waals surface area contributed by atoms with Crippen LogP contribution in [0.25, 0.3) is 0 Å². The molecule has 2 aromatic rings. The molecule has 0 aliphatic carbocycles. The van der Waals surface area contributed by atoms with Crippen molar-refractivity contribution in [3.8, 4) is 0 Å². The zero-order valence-electron chi connectivity index (χ0n) is 12.4. The van der Waals surface area contributed by atoms with Crippen molar-refractivity contribution in [1.82, 2.24) is 14.9 Å². The van der Waals surface area contributed by atoms with Gasteiger partial charge in [0.25, 0.3) is 0 Å². The lowest BCUT2D eigenvalue weighted by molar-refractivity contribution is 0.0697. The molecule has 5 nitrogen and oxygen atoms in total. The van der Waals surface area contributed by atoms with Gasteiger partial charge in [-0.25, -0.2) is 14.8 Å². The highest BCUT2D eigenvalue weighted by Crippen LogP contribution is 2.27. The van der Waals surface area contributed by atoms with Crippen LogP contribution >= 0.6 is 0 Å². The third kappa shape index (κ3) is 3.49. The average molecular weight is 297 g/mol. The fourth-order valence-electron chi connectivity index (χ4n) is 2.98. The lowest BCUT2D eigenvalue weighted by Crippen LogP contribution is -2.34. The smallest absolute Gasteiger partial charge is 0.335 e. The zero-order chi connectivity index (χ0) is 15.4. The summed E-state index contributed by atoms with van der Waals surface area (Å²) in [5, 5.41) is 8.97. The van der Waals surface area contributed by atoms with Gasteiger partial charge in [-0.3, -0.25) is 4.90 Å². The van der Waals surface area contributed by atoms with Crippen LogP contribution < -0.4 is 0 Å². The Bertz CT molecular complexity index is 628. The molecule has 22 heavy (non-hydrogen) atoms. The highest BCUT2D eigenvalue weighted by molar-refractivity contribution is 5.87. The Morgan fingerprint density at radius 3 is 2.64 bits per heavy atom. The summed E-state index contributed by atoms with van der Waals surface area (Å²) in [6, 6.07) is 9.09. The number of aromatic carboxylic acids is 1. The first-order valence-corrected chi connectivity index (χ1v) is 7.54. The highest BCUT2D eigenvalue weighted by atomic mass is 16.4. The Balaban J connectivity index is 1.66. The molecule has 114 valence electrons. The van der Waals surface area contributed by atoms with Gasteiger partial charge in [0.05, 0.1) is 12.1 Å². The molecule has 1 atom stereocenters. The molecule has 1 aromatic heterocycles. The van der Waals surface area contributed by atoms with Crippen LogP contribution in [-0.4, -0.2) is 39.0 Å². The fraction of sp³-hybridized carbons (Fsp3) is 0.353. The standard InChI is InChI=1S/C17H19N3O2/c21-17(22)14-6-4-13(5-7-14)15-3-1-10-20(11-15)12-16-18-8-2-9-19-16/h2,4-9,15H,1,3,10-12H2,(H,21,22)/t15-/m0/s1. The van der Waals surface area contributed by atoms with E-state index in [-0.39, 0.29) is 0 Å². The van der Waals surface area contributed by atoms with Crippen molar-refractivity contribution in [3.05, 3.63) is 59.7 Å². The van der Waals surface area contributed by atoms with Crippen molar-refractivity contribution in [2.75, 3.05) is 13.1 Å². The van der Waals surface area contributed by atoms with E-state index in [1.807, 2.05) is 18.2 Å². The van der Waals surface area contributed by atoms with E-state index in [2.05, 4.69) is 14.9 Å². The molecule has 0 bridgehead atoms. The van der Waals surface area contributed by atoms with Crippen LogP contribution in [0.4, 0.5) is 0 Å². The Morgan fingerprint density at radius 1 is 1.23 bits per heavy atom. The first-order valence-electron chi connectivity index (χ1n) is 7.54. The van der Waals surface area contributed by atoms with Crippen LogP contribution in [0.15, 0.2) is 42.7 Å². The number of piperidine rings is 1. The van der Waals surface area contributed by atoms with Gasteiger partial charge in [-0.05, 0) is 49.1 Å². The van der Waals surface area contributed by atoms with E-state index in [4.69, 9.17) is 5.11 Å². The minimum Gasteiger partial charge on any atom is -0.478 e. The van der Waals surface area contributed by atoms with E-state index in [0.717, 1.165) is 38.3 Å². The molecule has 3 rings (SSSR count). The van der Waals surface area contributed by atoms with E-state index in [9.17, 15) is 4.79 Å². The summed E-state index contributed by atoms with van der Waals surface area (Å²) >= 11 is 0. The molecule has 0 saturated carbocycles. The Labute approximate surface area is 129 Å². The van der Waals surface area contributed by atoms with Crippen molar-refractivity contribution in [1.29, 1.82) is 0 Å². The minimum absolute atomic E-state index is 0.342. The number of hydrogen-bond acceptors (Lipinski definition) is 4. The summed E-state index contributed by atoms with van der Waals surface area (Å²) in [6.45, 7) is 2.79. The third-order valence-electron chi connectivity index (χ3n) is 4.12. The fourth-order valence-corrected chi connectivity index (χ4v) is 2.98. The van der Waals surface area contributed by atoms with Crippen LogP contribution in [0.2, 0.25) is 0 Å². The van der Waals surface area contributed by atoms with Gasteiger partial charge in [0.1, 0.15) is 5.82 Å². The van der Waals surface area contributed by atoms with Crippen LogP contribution in [0, 0.1) is 0 Å². The number of rotatable bonds is 4. The molecule has 1 aromatic carbocycles. The maximum absolute atomic E-state index is 10.9. The quantitative estimate of drug-likeness (QED) is 0.939. The second-order valence-electron chi connectivity index (χ2n) is 5.67. The normalized spacial score (nSPS) is 19.0. The van der Waals surface area contributed by atoms with Crippen molar-refractivity contribution in [3.63, 3.8) is 0 Å². The molecule has 0 spiro atoms. The van der Waals surface area contributed by atoms with Crippen LogP contribution in [0.3, 0.4) is 0 Å². The van der Waals surface area contributed by atoms with Crippen molar-refractivity contribution in [2.45, 2.75) is 25.3 Å². The number of hydrogen-bond donors (Lipinski definition) is 1. The first-order chi connectivity index (χ1) is 10.7. The second-order valence-corrected chi connectivity index (χ2v) is 5.67. The van der Waals surface area contributed by atoms with Crippen LogP contribution in [0.1, 0.15) is 40.5 Å². The topological polar surface area (TPSA) is 66.3 Å². The number of carbonyl (C=O) groups is 1. The summed E-state index contributed by atoms with van der Waals surface area (Å²) in [5.41, 5.74) is 1.55. The van der Waals surface area contributed by atoms with Crippen molar-refractivity contribution in [2.24, 2.45) is 0 Å². The average Bonchev–Trinajstić information content (AvgIpc) is 2.56. The maximum Gasteiger partial charge on any atom is 0.335 e. The van der Waals surface area contributed by atoms with E-state index in [1.54, 1.807) is 24.5 Å². The number of likely N-dealkylation sites (tertiary alicyclic amines) is 1. The van der Waals surface area contributed by atoms with Gasteiger partial charge in [0.2, 0.25) is 0 Å².